The van der Waals surface area contributed by atoms with E-state index in [0.717, 1.165) is 30.8 Å². The van der Waals surface area contributed by atoms with Crippen molar-refractivity contribution in [3.8, 4) is 5.75 Å². The molecule has 114 valence electrons. The van der Waals surface area contributed by atoms with E-state index in [1.54, 1.807) is 7.11 Å². The van der Waals surface area contributed by atoms with Gasteiger partial charge in [0, 0.05) is 25.1 Å². The summed E-state index contributed by atoms with van der Waals surface area (Å²) in [5.41, 5.74) is 2.29. The van der Waals surface area contributed by atoms with E-state index in [0.29, 0.717) is 24.5 Å². The average Bonchev–Trinajstić information content (AvgIpc) is 2.46. The maximum absolute atomic E-state index is 12.0. The molecule has 1 atom stereocenters. The van der Waals surface area contributed by atoms with Gasteiger partial charge in [-0.15, -0.1) is 0 Å². The lowest BCUT2D eigenvalue weighted by Gasteiger charge is -2.23. The van der Waals surface area contributed by atoms with E-state index in [2.05, 4.69) is 31.0 Å². The van der Waals surface area contributed by atoms with Crippen LogP contribution in [-0.4, -0.2) is 25.1 Å². The molecular formula is C18H25NO2. The lowest BCUT2D eigenvalue weighted by molar-refractivity contribution is -0.118. The van der Waals surface area contributed by atoms with Gasteiger partial charge >= 0.3 is 0 Å². The van der Waals surface area contributed by atoms with Crippen molar-refractivity contribution in [2.75, 3.05) is 13.7 Å². The number of hydrogen-bond donors (Lipinski definition) is 0. The molecular weight excluding hydrogens is 262 g/mol. The van der Waals surface area contributed by atoms with Crippen LogP contribution >= 0.6 is 0 Å². The van der Waals surface area contributed by atoms with Gasteiger partial charge in [-0.25, -0.2) is 0 Å². The Morgan fingerprint density at radius 1 is 1.24 bits per heavy atom. The Labute approximate surface area is 127 Å². The van der Waals surface area contributed by atoms with Gasteiger partial charge in [0.15, 0.2) is 0 Å². The highest BCUT2D eigenvalue weighted by Gasteiger charge is 2.25. The van der Waals surface area contributed by atoms with Crippen molar-refractivity contribution >= 4 is 11.5 Å². The minimum Gasteiger partial charge on any atom is -0.497 e. The Hall–Kier alpha value is -1.64. The predicted octanol–water partition coefficient (Wildman–Crippen LogP) is 4.02. The van der Waals surface area contributed by atoms with Crippen molar-refractivity contribution < 1.29 is 9.53 Å². The van der Waals surface area contributed by atoms with E-state index in [4.69, 9.17) is 4.74 Å². The van der Waals surface area contributed by atoms with Gasteiger partial charge in [-0.1, -0.05) is 26.0 Å². The Kier molecular flexibility index (Phi) is 5.54. The van der Waals surface area contributed by atoms with Crippen molar-refractivity contribution in [1.82, 2.24) is 0 Å². The molecule has 0 amide bonds. The van der Waals surface area contributed by atoms with Crippen LogP contribution < -0.4 is 4.74 Å². The molecule has 0 radical (unpaired) electrons. The molecule has 1 aliphatic carbocycles. The molecule has 0 heterocycles. The molecule has 0 aromatic heterocycles. The zero-order valence-electron chi connectivity index (χ0n) is 13.3. The number of Topliss-reactive ketones (excluding diaryl/α,β-unsaturated/α-hetero) is 1. The molecule has 1 aliphatic rings. The molecule has 21 heavy (non-hydrogen) atoms. The molecule has 1 aromatic rings. The van der Waals surface area contributed by atoms with Crippen molar-refractivity contribution in [3.05, 3.63) is 29.8 Å². The summed E-state index contributed by atoms with van der Waals surface area (Å²) in [5.74, 6) is 2.10. The van der Waals surface area contributed by atoms with E-state index >= 15 is 0 Å². The van der Waals surface area contributed by atoms with Gasteiger partial charge in [-0.05, 0) is 42.4 Å². The van der Waals surface area contributed by atoms with Crippen LogP contribution in [0.4, 0.5) is 0 Å². The van der Waals surface area contributed by atoms with Gasteiger partial charge in [0.05, 0.1) is 7.11 Å². The monoisotopic (exact) mass is 287 g/mol. The van der Waals surface area contributed by atoms with E-state index in [1.807, 2.05) is 12.1 Å². The standard InChI is InChI=1S/C18H25NO2/c1-13(2)8-9-19-16-10-15(11-17(20)12-16)14-4-6-18(21-3)7-5-14/h4-7,13,15H,8-12H2,1-3H3. The first-order valence-electron chi connectivity index (χ1n) is 7.76. The van der Waals surface area contributed by atoms with Gasteiger partial charge in [0.25, 0.3) is 0 Å². The zero-order chi connectivity index (χ0) is 15.2. The largest absolute Gasteiger partial charge is 0.497 e. The fourth-order valence-corrected chi connectivity index (χ4v) is 2.72. The van der Waals surface area contributed by atoms with Crippen LogP contribution in [0.3, 0.4) is 0 Å². The number of carbonyl (C=O) groups is 1. The molecule has 0 spiro atoms. The quantitative estimate of drug-likeness (QED) is 0.820. The van der Waals surface area contributed by atoms with E-state index in [-0.39, 0.29) is 5.92 Å². The van der Waals surface area contributed by atoms with E-state index in [1.165, 1.54) is 5.56 Å². The molecule has 3 heteroatoms. The molecule has 3 nitrogen and oxygen atoms in total. The highest BCUT2D eigenvalue weighted by atomic mass is 16.5. The smallest absolute Gasteiger partial charge is 0.139 e. The minimum absolute atomic E-state index is 0.273. The molecule has 2 rings (SSSR count). The third-order valence-electron chi connectivity index (χ3n) is 3.99. The summed E-state index contributed by atoms with van der Waals surface area (Å²) < 4.78 is 5.18. The SMILES string of the molecule is COc1ccc(C2CC(=O)CC(=NCCC(C)C)C2)cc1. The maximum atomic E-state index is 12.0. The highest BCUT2D eigenvalue weighted by Crippen LogP contribution is 2.30. The van der Waals surface area contributed by atoms with Crippen LogP contribution in [0.25, 0.3) is 0 Å². The summed E-state index contributed by atoms with van der Waals surface area (Å²) in [6.07, 6.45) is 3.18. The molecule has 0 saturated heterocycles. The summed E-state index contributed by atoms with van der Waals surface area (Å²) in [6, 6.07) is 8.05. The first-order valence-corrected chi connectivity index (χ1v) is 7.76. The van der Waals surface area contributed by atoms with Crippen LogP contribution in [0.1, 0.15) is 51.0 Å². The Bertz CT molecular complexity index is 502. The Balaban J connectivity index is 2.04. The van der Waals surface area contributed by atoms with Gasteiger partial charge in [0.1, 0.15) is 11.5 Å². The molecule has 0 bridgehead atoms. The lowest BCUT2D eigenvalue weighted by atomic mass is 9.82. The van der Waals surface area contributed by atoms with Crippen molar-refractivity contribution in [2.24, 2.45) is 10.9 Å². The Morgan fingerprint density at radius 2 is 1.95 bits per heavy atom. The molecule has 0 aliphatic heterocycles. The number of benzene rings is 1. The summed E-state index contributed by atoms with van der Waals surface area (Å²) in [4.78, 5) is 16.6. The summed E-state index contributed by atoms with van der Waals surface area (Å²) >= 11 is 0. The minimum atomic E-state index is 0.273. The third kappa shape index (κ3) is 4.69. The summed E-state index contributed by atoms with van der Waals surface area (Å²) in [7, 11) is 1.67. The van der Waals surface area contributed by atoms with Crippen molar-refractivity contribution in [1.29, 1.82) is 0 Å². The number of rotatable bonds is 5. The highest BCUT2D eigenvalue weighted by molar-refractivity contribution is 6.05. The second-order valence-electron chi connectivity index (χ2n) is 6.22. The predicted molar refractivity (Wildman–Crippen MR) is 86.4 cm³/mol. The number of ketones is 1. The van der Waals surface area contributed by atoms with Crippen molar-refractivity contribution in [2.45, 2.75) is 45.4 Å². The Morgan fingerprint density at radius 3 is 2.57 bits per heavy atom. The van der Waals surface area contributed by atoms with Gasteiger partial charge in [-0.2, -0.15) is 0 Å². The first kappa shape index (κ1) is 15.7. The second kappa shape index (κ2) is 7.39. The normalized spacial score (nSPS) is 21.0. The third-order valence-corrected chi connectivity index (χ3v) is 3.99. The second-order valence-corrected chi connectivity index (χ2v) is 6.22. The number of ether oxygens (including phenoxy) is 1. The van der Waals surface area contributed by atoms with Gasteiger partial charge in [0.2, 0.25) is 0 Å². The lowest BCUT2D eigenvalue weighted by Crippen LogP contribution is -2.22. The van der Waals surface area contributed by atoms with Crippen LogP contribution in [0.2, 0.25) is 0 Å². The maximum Gasteiger partial charge on any atom is 0.139 e. The van der Waals surface area contributed by atoms with Crippen LogP contribution in [0, 0.1) is 5.92 Å². The number of carbonyl (C=O) groups excluding carboxylic acids is 1. The molecule has 1 unspecified atom stereocenters. The zero-order valence-corrected chi connectivity index (χ0v) is 13.3. The summed E-state index contributed by atoms with van der Waals surface area (Å²) in [5, 5.41) is 0. The first-order chi connectivity index (χ1) is 10.1. The van der Waals surface area contributed by atoms with Crippen LogP contribution in [-0.2, 0) is 4.79 Å². The van der Waals surface area contributed by atoms with E-state index in [9.17, 15) is 4.79 Å². The number of hydrogen-bond acceptors (Lipinski definition) is 3. The van der Waals surface area contributed by atoms with Crippen LogP contribution in [0.15, 0.2) is 29.3 Å². The average molecular weight is 287 g/mol. The number of methoxy groups -OCH3 is 1. The number of nitrogens with zero attached hydrogens (tertiary/aromatic N) is 1. The molecule has 1 saturated carbocycles. The summed E-state index contributed by atoms with van der Waals surface area (Å²) in [6.45, 7) is 5.24. The van der Waals surface area contributed by atoms with Crippen LogP contribution in [0.5, 0.6) is 5.75 Å². The van der Waals surface area contributed by atoms with Crippen molar-refractivity contribution in [3.63, 3.8) is 0 Å². The fourth-order valence-electron chi connectivity index (χ4n) is 2.72. The molecule has 1 aromatic carbocycles. The fraction of sp³-hybridized carbons (Fsp3) is 0.556. The van der Waals surface area contributed by atoms with Gasteiger partial charge < -0.3 is 4.74 Å². The van der Waals surface area contributed by atoms with Gasteiger partial charge in [-0.3, -0.25) is 9.79 Å². The topological polar surface area (TPSA) is 38.7 Å². The molecule has 0 N–H and O–H groups in total. The number of aliphatic imine (C=N–C) groups is 1. The van der Waals surface area contributed by atoms with E-state index < -0.39 is 0 Å². The molecule has 1 fully saturated rings.